The highest BCUT2D eigenvalue weighted by Gasteiger charge is 2.37. The molecule has 2 nitrogen and oxygen atoms in total. The Balaban J connectivity index is 2.46. The summed E-state index contributed by atoms with van der Waals surface area (Å²) in [5.41, 5.74) is 0.815. The van der Waals surface area contributed by atoms with E-state index in [2.05, 4.69) is 4.99 Å². The Hall–Kier alpha value is -1.56. The van der Waals surface area contributed by atoms with E-state index in [-0.39, 0.29) is 5.78 Å². The van der Waals surface area contributed by atoms with E-state index in [9.17, 15) is 18.0 Å². The number of alkyl halides is 3. The van der Waals surface area contributed by atoms with E-state index >= 15 is 0 Å². The minimum absolute atomic E-state index is 0.163. The molecule has 1 saturated carbocycles. The molecule has 0 N–H and O–H groups in total. The van der Waals surface area contributed by atoms with Gasteiger partial charge in [0.15, 0.2) is 5.78 Å². The molecule has 2 rings (SSSR count). The number of benzene rings is 1. The van der Waals surface area contributed by atoms with Gasteiger partial charge in [-0.1, -0.05) is 18.2 Å². The Bertz CT molecular complexity index is 620. The summed E-state index contributed by atoms with van der Waals surface area (Å²) in [6, 6.07) is 4.92. The van der Waals surface area contributed by atoms with Crippen molar-refractivity contribution in [3.05, 3.63) is 46.4 Å². The Morgan fingerprint density at radius 3 is 2.67 bits per heavy atom. The van der Waals surface area contributed by atoms with Crippen LogP contribution in [0.25, 0.3) is 0 Å². The number of carbonyl (C=O) groups excluding carboxylic acids is 1. The molecule has 1 atom stereocenters. The summed E-state index contributed by atoms with van der Waals surface area (Å²) in [6.45, 7) is 0. The number of hydrogen-bond acceptors (Lipinski definition) is 3. The Morgan fingerprint density at radius 2 is 2.10 bits per heavy atom. The summed E-state index contributed by atoms with van der Waals surface area (Å²) in [5, 5.41) is 1.74. The average Bonchev–Trinajstić information content (AvgIpc) is 2.75. The largest absolute Gasteiger partial charge is 0.416 e. The van der Waals surface area contributed by atoms with E-state index < -0.39 is 17.7 Å². The van der Waals surface area contributed by atoms with Crippen LogP contribution in [0.4, 0.5) is 13.2 Å². The first-order chi connectivity index (χ1) is 9.88. The summed E-state index contributed by atoms with van der Waals surface area (Å²) in [4.78, 5) is 16.5. The number of nitrogens with zero attached hydrogens (tertiary/aromatic N) is 1. The van der Waals surface area contributed by atoms with E-state index in [1.54, 1.807) is 18.5 Å². The second kappa shape index (κ2) is 6.05. The molecule has 1 aliphatic carbocycles. The molecule has 6 heteroatoms. The molecule has 0 aromatic heterocycles. The van der Waals surface area contributed by atoms with Gasteiger partial charge in [0, 0.05) is 24.8 Å². The molecule has 1 aliphatic rings. The Labute approximate surface area is 125 Å². The lowest BCUT2D eigenvalue weighted by atomic mass is 9.93. The van der Waals surface area contributed by atoms with Crippen LogP contribution >= 0.6 is 11.8 Å². The normalized spacial score (nSPS) is 23.3. The number of hydrogen-bond donors (Lipinski definition) is 0. The molecule has 1 aromatic carbocycles. The summed E-state index contributed by atoms with van der Waals surface area (Å²) < 4.78 is 38.4. The fraction of sp³-hybridized carbons (Fsp3) is 0.333. The fourth-order valence-electron chi connectivity index (χ4n) is 2.41. The third kappa shape index (κ3) is 3.20. The second-order valence-electron chi connectivity index (χ2n) is 4.69. The third-order valence-corrected chi connectivity index (χ3v) is 3.90. The van der Waals surface area contributed by atoms with Crippen molar-refractivity contribution in [1.29, 1.82) is 0 Å². The molecule has 21 heavy (non-hydrogen) atoms. The van der Waals surface area contributed by atoms with Crippen molar-refractivity contribution in [2.24, 2.45) is 4.99 Å². The van der Waals surface area contributed by atoms with Gasteiger partial charge in [0.05, 0.1) is 11.5 Å². The smallest absolute Gasteiger partial charge is 0.296 e. The monoisotopic (exact) mass is 313 g/mol. The first kappa shape index (κ1) is 15.8. The van der Waals surface area contributed by atoms with Gasteiger partial charge in [-0.25, -0.2) is 0 Å². The Morgan fingerprint density at radius 1 is 1.38 bits per heavy atom. The maximum Gasteiger partial charge on any atom is 0.416 e. The minimum Gasteiger partial charge on any atom is -0.296 e. The van der Waals surface area contributed by atoms with E-state index in [0.29, 0.717) is 23.3 Å². The SMILES string of the molecule is CN=C1CC(=CSC)C(=O)C1c1cccc(C(F)(F)F)c1. The number of thioether (sulfide) groups is 1. The van der Waals surface area contributed by atoms with Crippen molar-refractivity contribution in [2.75, 3.05) is 13.3 Å². The summed E-state index contributed by atoms with van der Waals surface area (Å²) >= 11 is 1.40. The molecule has 0 spiro atoms. The molecule has 0 bridgehead atoms. The number of carbonyl (C=O) groups is 1. The summed E-state index contributed by atoms with van der Waals surface area (Å²) in [5.74, 6) is -0.861. The van der Waals surface area contributed by atoms with Gasteiger partial charge >= 0.3 is 6.18 Å². The van der Waals surface area contributed by atoms with Crippen molar-refractivity contribution >= 4 is 23.3 Å². The first-order valence-electron chi connectivity index (χ1n) is 6.27. The molecular formula is C15H14F3NOS. The Kier molecular flexibility index (Phi) is 4.56. The van der Waals surface area contributed by atoms with Crippen LogP contribution in [0.2, 0.25) is 0 Å². The van der Waals surface area contributed by atoms with E-state index in [0.717, 1.165) is 12.1 Å². The highest BCUT2D eigenvalue weighted by Crippen LogP contribution is 2.36. The van der Waals surface area contributed by atoms with Crippen molar-refractivity contribution in [3.8, 4) is 0 Å². The van der Waals surface area contributed by atoms with Gasteiger partial charge in [-0.05, 0) is 23.3 Å². The molecule has 1 unspecified atom stereocenters. The van der Waals surface area contributed by atoms with Crippen molar-refractivity contribution < 1.29 is 18.0 Å². The standard InChI is InChI=1S/C15H14F3NOS/c1-19-12-7-10(8-21-2)14(20)13(12)9-4-3-5-11(6-9)15(16,17)18/h3-6,8,13H,7H2,1-2H3. The van der Waals surface area contributed by atoms with Crippen molar-refractivity contribution in [3.63, 3.8) is 0 Å². The van der Waals surface area contributed by atoms with Crippen molar-refractivity contribution in [1.82, 2.24) is 0 Å². The zero-order valence-electron chi connectivity index (χ0n) is 11.6. The molecule has 0 heterocycles. The average molecular weight is 313 g/mol. The van der Waals surface area contributed by atoms with E-state index in [1.807, 2.05) is 6.26 Å². The van der Waals surface area contributed by atoms with Gasteiger partial charge in [-0.2, -0.15) is 13.2 Å². The summed E-state index contributed by atoms with van der Waals surface area (Å²) in [6.07, 6.45) is -2.18. The van der Waals surface area contributed by atoms with Crippen LogP contribution < -0.4 is 0 Å². The molecule has 1 aromatic rings. The van der Waals surface area contributed by atoms with Gasteiger partial charge in [-0.15, -0.1) is 11.8 Å². The molecule has 1 fully saturated rings. The number of rotatable bonds is 2. The predicted molar refractivity (Wildman–Crippen MR) is 78.8 cm³/mol. The number of halogens is 3. The zero-order chi connectivity index (χ0) is 15.6. The first-order valence-corrected chi connectivity index (χ1v) is 7.56. The second-order valence-corrected chi connectivity index (χ2v) is 5.40. The minimum atomic E-state index is -4.42. The van der Waals surface area contributed by atoms with Gasteiger partial charge in [-0.3, -0.25) is 9.79 Å². The lowest BCUT2D eigenvalue weighted by molar-refractivity contribution is -0.137. The quantitative estimate of drug-likeness (QED) is 0.770. The molecule has 0 amide bonds. The van der Waals surface area contributed by atoms with Gasteiger partial charge in [0.25, 0.3) is 0 Å². The number of allylic oxidation sites excluding steroid dienone is 1. The highest BCUT2D eigenvalue weighted by atomic mass is 32.2. The molecule has 0 saturated heterocycles. The van der Waals surface area contributed by atoms with Crippen LogP contribution in [0.15, 0.2) is 40.2 Å². The highest BCUT2D eigenvalue weighted by molar-refractivity contribution is 8.01. The summed E-state index contributed by atoms with van der Waals surface area (Å²) in [7, 11) is 1.56. The van der Waals surface area contributed by atoms with Crippen LogP contribution in [0, 0.1) is 0 Å². The van der Waals surface area contributed by atoms with Crippen LogP contribution in [0.5, 0.6) is 0 Å². The molecule has 0 radical (unpaired) electrons. The maximum absolute atomic E-state index is 12.8. The van der Waals surface area contributed by atoms with Crippen LogP contribution in [0.3, 0.4) is 0 Å². The third-order valence-electron chi connectivity index (χ3n) is 3.38. The number of ketones is 1. The predicted octanol–water partition coefficient (Wildman–Crippen LogP) is 4.08. The number of Topliss-reactive ketones (excluding diaryl/α,β-unsaturated/α-hetero) is 1. The van der Waals surface area contributed by atoms with Crippen LogP contribution in [-0.2, 0) is 11.0 Å². The van der Waals surface area contributed by atoms with Crippen molar-refractivity contribution in [2.45, 2.75) is 18.5 Å². The molecule has 112 valence electrons. The zero-order valence-corrected chi connectivity index (χ0v) is 12.4. The fourth-order valence-corrected chi connectivity index (χ4v) is 2.89. The van der Waals surface area contributed by atoms with E-state index in [1.165, 1.54) is 17.8 Å². The van der Waals surface area contributed by atoms with Crippen LogP contribution in [0.1, 0.15) is 23.5 Å². The molecule has 0 aliphatic heterocycles. The topological polar surface area (TPSA) is 29.4 Å². The van der Waals surface area contributed by atoms with Gasteiger partial charge in [0.2, 0.25) is 0 Å². The lowest BCUT2D eigenvalue weighted by Gasteiger charge is -2.13. The van der Waals surface area contributed by atoms with Gasteiger partial charge in [0.1, 0.15) is 0 Å². The van der Waals surface area contributed by atoms with E-state index in [4.69, 9.17) is 0 Å². The molecular weight excluding hydrogens is 299 g/mol. The maximum atomic E-state index is 12.8. The lowest BCUT2D eigenvalue weighted by Crippen LogP contribution is -2.14. The van der Waals surface area contributed by atoms with Crippen LogP contribution in [-0.4, -0.2) is 24.8 Å². The van der Waals surface area contributed by atoms with Gasteiger partial charge < -0.3 is 0 Å². The number of aliphatic imine (C=N–C) groups is 1.